The van der Waals surface area contributed by atoms with Gasteiger partial charge in [0.25, 0.3) is 0 Å². The fraction of sp³-hybridized carbons (Fsp3) is 0.765. The zero-order chi connectivity index (χ0) is 22.2. The number of carbonyl (C=O) groups excluding carboxylic acids is 2. The summed E-state index contributed by atoms with van der Waals surface area (Å²) in [6, 6.07) is -1.44. The van der Waals surface area contributed by atoms with Crippen LogP contribution in [0.15, 0.2) is 0 Å². The van der Waals surface area contributed by atoms with Crippen molar-refractivity contribution in [2.24, 2.45) is 7.05 Å². The Labute approximate surface area is 168 Å². The van der Waals surface area contributed by atoms with E-state index in [1.54, 1.807) is 41.5 Å². The van der Waals surface area contributed by atoms with E-state index in [0.29, 0.717) is 0 Å². The Morgan fingerprint density at radius 2 is 1.72 bits per heavy atom. The van der Waals surface area contributed by atoms with E-state index >= 15 is 0 Å². The zero-order valence-corrected chi connectivity index (χ0v) is 17.7. The molecule has 2 unspecified atom stereocenters. The molecule has 1 aliphatic rings. The highest BCUT2D eigenvalue weighted by molar-refractivity contribution is 5.94. The van der Waals surface area contributed by atoms with E-state index in [1.807, 2.05) is 0 Å². The molecule has 1 amide bonds. The van der Waals surface area contributed by atoms with Gasteiger partial charge in [-0.25, -0.2) is 9.59 Å². The van der Waals surface area contributed by atoms with Crippen LogP contribution < -0.4 is 5.32 Å². The first-order valence-electron chi connectivity index (χ1n) is 9.13. The van der Waals surface area contributed by atoms with E-state index in [-0.39, 0.29) is 18.9 Å². The smallest absolute Gasteiger partial charge is 0.408 e. The van der Waals surface area contributed by atoms with Crippen molar-refractivity contribution in [2.75, 3.05) is 13.1 Å². The molecule has 0 bridgehead atoms. The van der Waals surface area contributed by atoms with Gasteiger partial charge in [0.15, 0.2) is 0 Å². The van der Waals surface area contributed by atoms with Crippen molar-refractivity contribution in [2.45, 2.75) is 64.3 Å². The third-order valence-corrected chi connectivity index (χ3v) is 3.96. The van der Waals surface area contributed by atoms with Crippen LogP contribution in [0.5, 0.6) is 0 Å². The number of rotatable bonds is 3. The largest absolute Gasteiger partial charge is 0.465 e. The summed E-state index contributed by atoms with van der Waals surface area (Å²) in [7, 11) is 1.46. The number of nitrogens with one attached hydrogen (secondary N) is 1. The maximum absolute atomic E-state index is 13.4. The van der Waals surface area contributed by atoms with Gasteiger partial charge in [0.05, 0.1) is 7.05 Å². The number of esters is 2. The predicted molar refractivity (Wildman–Crippen MR) is 98.7 cm³/mol. The van der Waals surface area contributed by atoms with E-state index in [1.165, 1.54) is 7.05 Å². The van der Waals surface area contributed by atoms with Crippen LogP contribution in [-0.2, 0) is 31.6 Å². The van der Waals surface area contributed by atoms with Crippen LogP contribution in [0.2, 0.25) is 0 Å². The molecule has 2 atom stereocenters. The van der Waals surface area contributed by atoms with E-state index in [4.69, 9.17) is 9.47 Å². The number of hydrogen-bond donors (Lipinski definition) is 2. The maximum atomic E-state index is 13.4. The third-order valence-electron chi connectivity index (χ3n) is 3.96. The molecule has 0 saturated carbocycles. The van der Waals surface area contributed by atoms with Gasteiger partial charge in [0.1, 0.15) is 17.2 Å². The summed E-state index contributed by atoms with van der Waals surface area (Å²) in [4.78, 5) is 40.5. The van der Waals surface area contributed by atoms with Gasteiger partial charge in [-0.05, 0) is 46.8 Å². The number of piperazine rings is 1. The molecule has 2 N–H and O–H groups in total. The SMILES string of the molecule is Cn1nnc(C2(C(=O)OC(C)(C)C)C(C(=O)OC(C)(C)C)NCCN2C(=O)O)n1. The van der Waals surface area contributed by atoms with E-state index < -0.39 is 40.8 Å². The molecule has 1 aromatic rings. The molecular formula is C17H28N6O6. The number of aryl methyl sites for hydroxylation is 1. The minimum absolute atomic E-state index is 0.105. The highest BCUT2D eigenvalue weighted by Crippen LogP contribution is 2.36. The molecule has 0 spiro atoms. The number of tetrazole rings is 1. The normalized spacial score (nSPS) is 22.9. The number of amides is 1. The summed E-state index contributed by atoms with van der Waals surface area (Å²) < 4.78 is 11.0. The molecule has 162 valence electrons. The minimum atomic E-state index is -2.21. The number of carbonyl (C=O) groups is 3. The van der Waals surface area contributed by atoms with Crippen molar-refractivity contribution >= 4 is 18.0 Å². The Balaban J connectivity index is 2.73. The second kappa shape index (κ2) is 7.58. The topological polar surface area (TPSA) is 149 Å². The van der Waals surface area contributed by atoms with Crippen LogP contribution in [0.1, 0.15) is 47.4 Å². The van der Waals surface area contributed by atoms with Crippen molar-refractivity contribution in [3.05, 3.63) is 5.82 Å². The molecule has 12 nitrogen and oxygen atoms in total. The number of hydrogen-bond acceptors (Lipinski definition) is 9. The first-order valence-corrected chi connectivity index (χ1v) is 9.13. The van der Waals surface area contributed by atoms with Crippen LogP contribution in [0.25, 0.3) is 0 Å². The monoisotopic (exact) mass is 412 g/mol. The number of carboxylic acid groups (broad SMARTS) is 1. The van der Waals surface area contributed by atoms with Crippen molar-refractivity contribution in [1.82, 2.24) is 30.4 Å². The summed E-state index contributed by atoms with van der Waals surface area (Å²) >= 11 is 0. The number of ether oxygens (including phenoxy) is 2. The first kappa shape index (κ1) is 22.5. The van der Waals surface area contributed by atoms with Crippen molar-refractivity contribution in [3.63, 3.8) is 0 Å². The van der Waals surface area contributed by atoms with Crippen molar-refractivity contribution < 1.29 is 29.0 Å². The minimum Gasteiger partial charge on any atom is -0.465 e. The highest BCUT2D eigenvalue weighted by atomic mass is 16.6. The Kier molecular flexibility index (Phi) is 5.89. The molecule has 2 rings (SSSR count). The first-order chi connectivity index (χ1) is 13.2. The van der Waals surface area contributed by atoms with E-state index in [0.717, 1.165) is 9.70 Å². The molecule has 1 saturated heterocycles. The Morgan fingerprint density at radius 3 is 2.17 bits per heavy atom. The van der Waals surface area contributed by atoms with Gasteiger partial charge >= 0.3 is 18.0 Å². The summed E-state index contributed by atoms with van der Waals surface area (Å²) in [5.74, 6) is -2.11. The molecule has 29 heavy (non-hydrogen) atoms. The molecular weight excluding hydrogens is 384 g/mol. The van der Waals surface area contributed by atoms with Crippen LogP contribution >= 0.6 is 0 Å². The van der Waals surface area contributed by atoms with Crippen LogP contribution in [0.4, 0.5) is 4.79 Å². The second-order valence-corrected chi connectivity index (χ2v) is 8.73. The fourth-order valence-corrected chi connectivity index (χ4v) is 3.02. The third kappa shape index (κ3) is 4.63. The molecule has 2 heterocycles. The van der Waals surface area contributed by atoms with Gasteiger partial charge in [-0.3, -0.25) is 15.0 Å². The van der Waals surface area contributed by atoms with Gasteiger partial charge in [-0.15, -0.1) is 10.2 Å². The summed E-state index contributed by atoms with van der Waals surface area (Å²) in [6.07, 6.45) is -1.43. The van der Waals surface area contributed by atoms with Crippen molar-refractivity contribution in [3.8, 4) is 0 Å². The molecule has 0 aliphatic carbocycles. The lowest BCUT2D eigenvalue weighted by Crippen LogP contribution is -2.73. The molecule has 0 radical (unpaired) electrons. The molecule has 12 heteroatoms. The lowest BCUT2D eigenvalue weighted by atomic mass is 9.84. The van der Waals surface area contributed by atoms with Gasteiger partial charge < -0.3 is 14.6 Å². The maximum Gasteiger partial charge on any atom is 0.408 e. The average Bonchev–Trinajstić information content (AvgIpc) is 2.97. The second-order valence-electron chi connectivity index (χ2n) is 8.73. The standard InChI is InChI=1S/C17H28N6O6/c1-15(2,3)28-11(24)10-17(12-19-21-22(7)20-12,13(25)29-16(4,5)6)23(14(26)27)9-8-18-10/h10,18H,8-9H2,1-7H3,(H,26,27). The van der Waals surface area contributed by atoms with E-state index in [2.05, 4.69) is 20.7 Å². The van der Waals surface area contributed by atoms with E-state index in [9.17, 15) is 19.5 Å². The lowest BCUT2D eigenvalue weighted by Gasteiger charge is -2.46. The summed E-state index contributed by atoms with van der Waals surface area (Å²) in [5.41, 5.74) is -4.06. The van der Waals surface area contributed by atoms with Gasteiger partial charge in [-0.2, -0.15) is 4.80 Å². The van der Waals surface area contributed by atoms with Crippen LogP contribution in [0.3, 0.4) is 0 Å². The highest BCUT2D eigenvalue weighted by Gasteiger charge is 2.64. The van der Waals surface area contributed by atoms with Gasteiger partial charge in [0.2, 0.25) is 11.4 Å². The Hall–Kier alpha value is -2.76. The summed E-state index contributed by atoms with van der Waals surface area (Å²) in [6.45, 7) is 9.90. The molecule has 1 aliphatic heterocycles. The quantitative estimate of drug-likeness (QED) is 0.652. The Bertz CT molecular complexity index is 795. The number of nitrogens with zero attached hydrogens (tertiary/aromatic N) is 5. The van der Waals surface area contributed by atoms with Gasteiger partial charge in [-0.1, -0.05) is 0 Å². The number of aromatic nitrogens is 4. The summed E-state index contributed by atoms with van der Waals surface area (Å²) in [5, 5.41) is 24.4. The average molecular weight is 412 g/mol. The fourth-order valence-electron chi connectivity index (χ4n) is 3.02. The predicted octanol–water partition coefficient (Wildman–Crippen LogP) is 0.0406. The molecule has 0 aromatic carbocycles. The Morgan fingerprint density at radius 1 is 1.14 bits per heavy atom. The van der Waals surface area contributed by atoms with Crippen LogP contribution in [0, 0.1) is 0 Å². The molecule has 1 fully saturated rings. The van der Waals surface area contributed by atoms with Crippen molar-refractivity contribution in [1.29, 1.82) is 0 Å². The molecule has 1 aromatic heterocycles. The zero-order valence-electron chi connectivity index (χ0n) is 17.7. The lowest BCUT2D eigenvalue weighted by molar-refractivity contribution is -0.184. The van der Waals surface area contributed by atoms with Crippen LogP contribution in [-0.4, -0.2) is 78.6 Å². The van der Waals surface area contributed by atoms with Gasteiger partial charge in [0, 0.05) is 13.1 Å².